The zero-order chi connectivity index (χ0) is 17.6. The standard InChI is InChI=1S/C20H19N3OS/c1-14-18(20(24)23-16-9-6-10-17(12-16)25-2)13-21-19(22-14)11-15-7-4-3-5-8-15/h3-10,12-13H,11H2,1-2H3,(H,23,24). The molecule has 0 aliphatic heterocycles. The van der Waals surface area contributed by atoms with Crippen LogP contribution >= 0.6 is 11.8 Å². The van der Waals surface area contributed by atoms with E-state index in [9.17, 15) is 4.79 Å². The Morgan fingerprint density at radius 3 is 2.64 bits per heavy atom. The maximum Gasteiger partial charge on any atom is 0.259 e. The molecule has 0 saturated heterocycles. The summed E-state index contributed by atoms with van der Waals surface area (Å²) in [5.74, 6) is 0.520. The first-order valence-corrected chi connectivity index (χ1v) is 9.20. The molecule has 1 heterocycles. The van der Waals surface area contributed by atoms with Crippen molar-refractivity contribution in [3.05, 3.63) is 83.4 Å². The van der Waals surface area contributed by atoms with Gasteiger partial charge in [0.25, 0.3) is 5.91 Å². The number of nitrogens with one attached hydrogen (secondary N) is 1. The van der Waals surface area contributed by atoms with E-state index in [1.54, 1.807) is 18.0 Å². The number of nitrogens with zero attached hydrogens (tertiary/aromatic N) is 2. The van der Waals surface area contributed by atoms with Gasteiger partial charge in [0.2, 0.25) is 0 Å². The van der Waals surface area contributed by atoms with E-state index in [1.807, 2.05) is 67.8 Å². The van der Waals surface area contributed by atoms with Crippen LogP contribution in [0.3, 0.4) is 0 Å². The van der Waals surface area contributed by atoms with Gasteiger partial charge in [0.15, 0.2) is 0 Å². The first kappa shape index (κ1) is 17.2. The fourth-order valence-electron chi connectivity index (χ4n) is 2.50. The molecule has 0 unspecified atom stereocenters. The number of hydrogen-bond donors (Lipinski definition) is 1. The van der Waals surface area contributed by atoms with Crippen LogP contribution in [0.15, 0.2) is 65.7 Å². The lowest BCUT2D eigenvalue weighted by atomic mass is 10.1. The minimum atomic E-state index is -0.193. The van der Waals surface area contributed by atoms with Gasteiger partial charge in [-0.05, 0) is 36.9 Å². The molecule has 0 saturated carbocycles. The Balaban J connectivity index is 1.74. The first-order valence-electron chi connectivity index (χ1n) is 7.97. The van der Waals surface area contributed by atoms with Gasteiger partial charge in [-0.2, -0.15) is 0 Å². The second-order valence-corrected chi connectivity index (χ2v) is 6.51. The highest BCUT2D eigenvalue weighted by atomic mass is 32.2. The van der Waals surface area contributed by atoms with E-state index in [0.29, 0.717) is 23.5 Å². The number of carbonyl (C=O) groups excluding carboxylic acids is 1. The summed E-state index contributed by atoms with van der Waals surface area (Å²) in [7, 11) is 0. The molecule has 0 aliphatic carbocycles. The van der Waals surface area contributed by atoms with Gasteiger partial charge in [-0.1, -0.05) is 36.4 Å². The number of anilines is 1. The van der Waals surface area contributed by atoms with Gasteiger partial charge in [-0.25, -0.2) is 9.97 Å². The van der Waals surface area contributed by atoms with Crippen LogP contribution in [0.2, 0.25) is 0 Å². The van der Waals surface area contributed by atoms with Crippen molar-refractivity contribution in [3.63, 3.8) is 0 Å². The molecular weight excluding hydrogens is 330 g/mol. The van der Waals surface area contributed by atoms with E-state index in [0.717, 1.165) is 16.1 Å². The Morgan fingerprint density at radius 1 is 1.12 bits per heavy atom. The van der Waals surface area contributed by atoms with Crippen LogP contribution in [0.25, 0.3) is 0 Å². The number of carbonyl (C=O) groups is 1. The summed E-state index contributed by atoms with van der Waals surface area (Å²) in [6.07, 6.45) is 4.26. The van der Waals surface area contributed by atoms with E-state index in [2.05, 4.69) is 15.3 Å². The fraction of sp³-hybridized carbons (Fsp3) is 0.150. The fourth-order valence-corrected chi connectivity index (χ4v) is 2.96. The van der Waals surface area contributed by atoms with Gasteiger partial charge in [-0.3, -0.25) is 4.79 Å². The molecule has 0 atom stereocenters. The van der Waals surface area contributed by atoms with Crippen LogP contribution in [-0.4, -0.2) is 22.1 Å². The van der Waals surface area contributed by atoms with Gasteiger partial charge >= 0.3 is 0 Å². The minimum Gasteiger partial charge on any atom is -0.322 e. The summed E-state index contributed by atoms with van der Waals surface area (Å²) < 4.78 is 0. The molecule has 3 aromatic rings. The van der Waals surface area contributed by atoms with E-state index in [-0.39, 0.29) is 5.91 Å². The van der Waals surface area contributed by atoms with Crippen molar-refractivity contribution < 1.29 is 4.79 Å². The first-order chi connectivity index (χ1) is 12.2. The second kappa shape index (κ2) is 7.94. The van der Waals surface area contributed by atoms with Crippen LogP contribution in [-0.2, 0) is 6.42 Å². The smallest absolute Gasteiger partial charge is 0.259 e. The van der Waals surface area contributed by atoms with E-state index in [1.165, 1.54) is 0 Å². The zero-order valence-corrected chi connectivity index (χ0v) is 15.0. The highest BCUT2D eigenvalue weighted by Gasteiger charge is 2.12. The molecule has 4 nitrogen and oxygen atoms in total. The molecule has 0 fully saturated rings. The average Bonchev–Trinajstić information content (AvgIpc) is 2.62. The number of aryl methyl sites for hydroxylation is 1. The maximum absolute atomic E-state index is 12.5. The molecule has 0 spiro atoms. The van der Waals surface area contributed by atoms with Crippen LogP contribution in [0, 0.1) is 6.92 Å². The zero-order valence-electron chi connectivity index (χ0n) is 14.2. The summed E-state index contributed by atoms with van der Waals surface area (Å²) >= 11 is 1.64. The lowest BCUT2D eigenvalue weighted by Gasteiger charge is -2.09. The van der Waals surface area contributed by atoms with Crippen LogP contribution in [0.5, 0.6) is 0 Å². The number of hydrogen-bond acceptors (Lipinski definition) is 4. The van der Waals surface area contributed by atoms with Crippen molar-refractivity contribution >= 4 is 23.4 Å². The van der Waals surface area contributed by atoms with E-state index in [4.69, 9.17) is 0 Å². The van der Waals surface area contributed by atoms with Crippen molar-refractivity contribution in [2.75, 3.05) is 11.6 Å². The van der Waals surface area contributed by atoms with Crippen LogP contribution < -0.4 is 5.32 Å². The number of benzene rings is 2. The van der Waals surface area contributed by atoms with Gasteiger partial charge in [-0.15, -0.1) is 11.8 Å². The Morgan fingerprint density at radius 2 is 1.92 bits per heavy atom. The summed E-state index contributed by atoms with van der Waals surface area (Å²) in [5.41, 5.74) is 3.09. The lowest BCUT2D eigenvalue weighted by molar-refractivity contribution is 0.102. The normalized spacial score (nSPS) is 10.5. The predicted octanol–water partition coefficient (Wildman–Crippen LogP) is 4.35. The topological polar surface area (TPSA) is 54.9 Å². The third kappa shape index (κ3) is 4.45. The molecule has 3 rings (SSSR count). The Hall–Kier alpha value is -2.66. The molecule has 1 N–H and O–H groups in total. The van der Waals surface area contributed by atoms with Crippen molar-refractivity contribution in [1.29, 1.82) is 0 Å². The van der Waals surface area contributed by atoms with E-state index >= 15 is 0 Å². The van der Waals surface area contributed by atoms with Crippen LogP contribution in [0.4, 0.5) is 5.69 Å². The molecule has 2 aromatic carbocycles. The number of thioether (sulfide) groups is 1. The van der Waals surface area contributed by atoms with E-state index < -0.39 is 0 Å². The molecule has 5 heteroatoms. The summed E-state index contributed by atoms with van der Waals surface area (Å²) in [5, 5.41) is 2.91. The van der Waals surface area contributed by atoms with Gasteiger partial charge in [0.1, 0.15) is 5.82 Å². The molecule has 1 aromatic heterocycles. The third-order valence-corrected chi connectivity index (χ3v) is 4.53. The Bertz CT molecular complexity index is 881. The summed E-state index contributed by atoms with van der Waals surface area (Å²) in [6, 6.07) is 17.8. The number of rotatable bonds is 5. The molecule has 0 aliphatic rings. The predicted molar refractivity (Wildman–Crippen MR) is 102 cm³/mol. The second-order valence-electron chi connectivity index (χ2n) is 5.63. The van der Waals surface area contributed by atoms with Gasteiger partial charge < -0.3 is 5.32 Å². The quantitative estimate of drug-likeness (QED) is 0.696. The molecule has 25 heavy (non-hydrogen) atoms. The molecule has 0 radical (unpaired) electrons. The van der Waals surface area contributed by atoms with Crippen molar-refractivity contribution in [1.82, 2.24) is 9.97 Å². The van der Waals surface area contributed by atoms with Gasteiger partial charge in [0, 0.05) is 23.2 Å². The SMILES string of the molecule is CSc1cccc(NC(=O)c2cnc(Cc3ccccc3)nc2C)c1. The van der Waals surface area contributed by atoms with Crippen molar-refractivity contribution in [2.45, 2.75) is 18.2 Å². The Kier molecular flexibility index (Phi) is 5.46. The third-order valence-electron chi connectivity index (χ3n) is 3.81. The largest absolute Gasteiger partial charge is 0.322 e. The average molecular weight is 349 g/mol. The Labute approximate surface area is 151 Å². The lowest BCUT2D eigenvalue weighted by Crippen LogP contribution is -2.15. The summed E-state index contributed by atoms with van der Waals surface area (Å²) in [6.45, 7) is 1.84. The minimum absolute atomic E-state index is 0.193. The molecule has 1 amide bonds. The number of aromatic nitrogens is 2. The van der Waals surface area contributed by atoms with Crippen molar-refractivity contribution in [2.24, 2.45) is 0 Å². The van der Waals surface area contributed by atoms with Crippen LogP contribution in [0.1, 0.15) is 27.4 Å². The molecular formula is C20H19N3OS. The molecule has 0 bridgehead atoms. The van der Waals surface area contributed by atoms with Gasteiger partial charge in [0.05, 0.1) is 11.3 Å². The van der Waals surface area contributed by atoms with Crippen molar-refractivity contribution in [3.8, 4) is 0 Å². The molecule has 126 valence electrons. The summed E-state index contributed by atoms with van der Waals surface area (Å²) in [4.78, 5) is 22.5. The number of amides is 1. The maximum atomic E-state index is 12.5. The monoisotopic (exact) mass is 349 g/mol. The highest BCUT2D eigenvalue weighted by molar-refractivity contribution is 7.98. The highest BCUT2D eigenvalue weighted by Crippen LogP contribution is 2.20.